The predicted molar refractivity (Wildman–Crippen MR) is 127 cm³/mol. The van der Waals surface area contributed by atoms with Crippen LogP contribution < -0.4 is 15.2 Å². The molecular weight excluding hydrogens is 532 g/mol. The van der Waals surface area contributed by atoms with Crippen molar-refractivity contribution in [2.75, 3.05) is 14.2 Å². The van der Waals surface area contributed by atoms with Gasteiger partial charge in [0.15, 0.2) is 23.0 Å². The topological polar surface area (TPSA) is 105 Å². The molecule has 3 aromatic rings. The van der Waals surface area contributed by atoms with Gasteiger partial charge in [0.2, 0.25) is 0 Å². The van der Waals surface area contributed by atoms with E-state index in [2.05, 4.69) is 41.8 Å². The first-order chi connectivity index (χ1) is 14.8. The number of halogens is 2. The largest absolute Gasteiger partial charge is 0.504 e. The number of ether oxygens (including phenoxy) is 2. The van der Waals surface area contributed by atoms with Gasteiger partial charge in [0, 0.05) is 25.8 Å². The van der Waals surface area contributed by atoms with Gasteiger partial charge in [0.05, 0.1) is 19.9 Å². The van der Waals surface area contributed by atoms with Crippen molar-refractivity contribution < 1.29 is 19.7 Å². The van der Waals surface area contributed by atoms with E-state index in [1.54, 1.807) is 54.6 Å². The molecule has 160 valence electrons. The number of nitrogens with one attached hydrogen (secondary N) is 1. The highest BCUT2D eigenvalue weighted by Gasteiger charge is 2.09. The van der Waals surface area contributed by atoms with Gasteiger partial charge in [0.1, 0.15) is 0 Å². The molecule has 0 fully saturated rings. The van der Waals surface area contributed by atoms with Gasteiger partial charge in [0.25, 0.3) is 0 Å². The predicted octanol–water partition coefficient (Wildman–Crippen LogP) is 5.06. The van der Waals surface area contributed by atoms with Crippen LogP contribution in [0.15, 0.2) is 44.1 Å². The van der Waals surface area contributed by atoms with Crippen LogP contribution >= 0.6 is 31.9 Å². The summed E-state index contributed by atoms with van der Waals surface area (Å²) in [6, 6.07) is 8.39. The monoisotopic (exact) mass is 548 g/mol. The average Bonchev–Trinajstić information content (AvgIpc) is 2.74. The Morgan fingerprint density at radius 3 is 1.87 bits per heavy atom. The summed E-state index contributed by atoms with van der Waals surface area (Å²) in [5.41, 5.74) is 1.34. The SMILES string of the molecule is COc1cc(Br)cc(C=Cc2cc(C=Cc3cc(Br)cc(OC)c3O)[nH]c(=O)n2)c1O. The third-order valence-electron chi connectivity index (χ3n) is 4.24. The molecule has 0 aliphatic carbocycles. The molecular formula is C22H18Br2N2O5. The van der Waals surface area contributed by atoms with E-state index in [0.717, 1.165) is 8.95 Å². The number of aromatic amines is 1. The van der Waals surface area contributed by atoms with Crippen LogP contribution in [0.2, 0.25) is 0 Å². The Hall–Kier alpha value is -3.04. The number of hydrogen-bond acceptors (Lipinski definition) is 6. The maximum atomic E-state index is 12.0. The second-order valence-electron chi connectivity index (χ2n) is 6.32. The number of rotatable bonds is 6. The fourth-order valence-electron chi connectivity index (χ4n) is 2.78. The molecule has 0 atom stereocenters. The van der Waals surface area contributed by atoms with E-state index in [4.69, 9.17) is 9.47 Å². The zero-order valence-corrected chi connectivity index (χ0v) is 19.7. The molecule has 0 amide bonds. The van der Waals surface area contributed by atoms with Crippen LogP contribution in [0.5, 0.6) is 23.0 Å². The highest BCUT2D eigenvalue weighted by molar-refractivity contribution is 9.10. The van der Waals surface area contributed by atoms with Gasteiger partial charge in [-0.2, -0.15) is 4.98 Å². The minimum absolute atomic E-state index is 0.0162. The summed E-state index contributed by atoms with van der Waals surface area (Å²) in [6.45, 7) is 0. The Balaban J connectivity index is 1.93. The lowest BCUT2D eigenvalue weighted by Gasteiger charge is -2.07. The highest BCUT2D eigenvalue weighted by Crippen LogP contribution is 2.35. The second-order valence-corrected chi connectivity index (χ2v) is 8.16. The summed E-state index contributed by atoms with van der Waals surface area (Å²) >= 11 is 6.73. The Bertz CT molecular complexity index is 1140. The normalized spacial score (nSPS) is 11.4. The van der Waals surface area contributed by atoms with E-state index in [1.165, 1.54) is 14.2 Å². The van der Waals surface area contributed by atoms with Crippen LogP contribution in [-0.4, -0.2) is 34.4 Å². The van der Waals surface area contributed by atoms with E-state index in [0.29, 0.717) is 34.0 Å². The van der Waals surface area contributed by atoms with E-state index in [1.807, 2.05) is 0 Å². The number of H-pyrrole nitrogens is 1. The number of aromatic nitrogens is 2. The molecule has 31 heavy (non-hydrogen) atoms. The zero-order valence-electron chi connectivity index (χ0n) is 16.5. The molecule has 0 radical (unpaired) electrons. The molecule has 7 nitrogen and oxygen atoms in total. The number of phenols is 2. The number of methoxy groups -OCH3 is 2. The van der Waals surface area contributed by atoms with Crippen molar-refractivity contribution in [1.29, 1.82) is 0 Å². The first kappa shape index (κ1) is 22.6. The van der Waals surface area contributed by atoms with Crippen molar-refractivity contribution in [3.8, 4) is 23.0 Å². The van der Waals surface area contributed by atoms with E-state index < -0.39 is 5.69 Å². The lowest BCUT2D eigenvalue weighted by atomic mass is 10.1. The maximum Gasteiger partial charge on any atom is 0.345 e. The van der Waals surface area contributed by atoms with Crippen LogP contribution in [0.3, 0.4) is 0 Å². The Kier molecular flexibility index (Phi) is 7.19. The van der Waals surface area contributed by atoms with Crippen molar-refractivity contribution in [2.24, 2.45) is 0 Å². The first-order valence-electron chi connectivity index (χ1n) is 8.91. The van der Waals surface area contributed by atoms with Crippen molar-refractivity contribution in [1.82, 2.24) is 9.97 Å². The number of hydrogen-bond donors (Lipinski definition) is 3. The number of benzene rings is 2. The van der Waals surface area contributed by atoms with Crippen molar-refractivity contribution in [3.05, 3.63) is 72.3 Å². The van der Waals surface area contributed by atoms with E-state index in [-0.39, 0.29) is 11.5 Å². The van der Waals surface area contributed by atoms with Crippen LogP contribution in [0.25, 0.3) is 24.3 Å². The Morgan fingerprint density at radius 2 is 1.35 bits per heavy atom. The van der Waals surface area contributed by atoms with E-state index >= 15 is 0 Å². The van der Waals surface area contributed by atoms with Gasteiger partial charge in [-0.05, 0) is 54.6 Å². The van der Waals surface area contributed by atoms with Crippen LogP contribution in [-0.2, 0) is 0 Å². The number of nitrogens with zero attached hydrogens (tertiary/aromatic N) is 1. The van der Waals surface area contributed by atoms with Gasteiger partial charge in [-0.3, -0.25) is 0 Å². The third kappa shape index (κ3) is 5.56. The summed E-state index contributed by atoms with van der Waals surface area (Å²) in [5, 5.41) is 20.5. The molecule has 0 saturated carbocycles. The minimum Gasteiger partial charge on any atom is -0.504 e. The smallest absolute Gasteiger partial charge is 0.345 e. The minimum atomic E-state index is -0.533. The van der Waals surface area contributed by atoms with Crippen molar-refractivity contribution in [2.45, 2.75) is 0 Å². The molecule has 2 aromatic carbocycles. The fourth-order valence-corrected chi connectivity index (χ4v) is 3.69. The molecule has 0 aliphatic heterocycles. The van der Waals surface area contributed by atoms with Gasteiger partial charge in [-0.25, -0.2) is 4.79 Å². The highest BCUT2D eigenvalue weighted by atomic mass is 79.9. The summed E-state index contributed by atoms with van der Waals surface area (Å²) in [6.07, 6.45) is 6.52. The van der Waals surface area contributed by atoms with Crippen LogP contribution in [0.4, 0.5) is 0 Å². The average molecular weight is 550 g/mol. The molecule has 0 bridgehead atoms. The van der Waals surface area contributed by atoms with Gasteiger partial charge in [-0.15, -0.1) is 0 Å². The fraction of sp³-hybridized carbons (Fsp3) is 0.0909. The molecule has 3 N–H and O–H groups in total. The lowest BCUT2D eigenvalue weighted by Crippen LogP contribution is -2.12. The summed E-state index contributed by atoms with van der Waals surface area (Å²) in [5.74, 6) is 0.606. The molecule has 9 heteroatoms. The third-order valence-corrected chi connectivity index (χ3v) is 5.16. The van der Waals surface area contributed by atoms with Gasteiger partial charge < -0.3 is 24.7 Å². The van der Waals surface area contributed by atoms with Crippen LogP contribution in [0, 0.1) is 0 Å². The first-order valence-corrected chi connectivity index (χ1v) is 10.5. The molecule has 1 aromatic heterocycles. The standard InChI is InChI=1S/C22H18Br2N2O5/c1-30-18-9-14(23)7-12(20(18)27)3-5-16-11-17(26-22(29)25-16)6-4-13-8-15(24)10-19(31-2)21(13)28/h3-11,27-28H,1-2H3,(H,25,26,29). The zero-order chi connectivity index (χ0) is 22.5. The maximum absolute atomic E-state index is 12.0. The van der Waals surface area contributed by atoms with Gasteiger partial charge >= 0.3 is 5.69 Å². The molecule has 0 unspecified atom stereocenters. The summed E-state index contributed by atoms with van der Waals surface area (Å²) in [4.78, 5) is 18.5. The quantitative estimate of drug-likeness (QED) is 0.397. The lowest BCUT2D eigenvalue weighted by molar-refractivity contribution is 0.372. The number of aromatic hydroxyl groups is 2. The van der Waals surface area contributed by atoms with Gasteiger partial charge in [-0.1, -0.05) is 31.9 Å². The number of phenolic OH excluding ortho intramolecular Hbond substituents is 2. The Morgan fingerprint density at radius 1 is 0.839 bits per heavy atom. The van der Waals surface area contributed by atoms with Crippen LogP contribution in [0.1, 0.15) is 22.5 Å². The summed E-state index contributed by atoms with van der Waals surface area (Å²) in [7, 11) is 2.93. The Labute approximate surface area is 195 Å². The molecule has 0 aliphatic rings. The van der Waals surface area contributed by atoms with Crippen molar-refractivity contribution >= 4 is 56.2 Å². The molecule has 0 saturated heterocycles. The molecule has 1 heterocycles. The molecule has 0 spiro atoms. The molecule has 3 rings (SSSR count). The van der Waals surface area contributed by atoms with Crippen molar-refractivity contribution in [3.63, 3.8) is 0 Å². The summed E-state index contributed by atoms with van der Waals surface area (Å²) < 4.78 is 11.7. The second kappa shape index (κ2) is 9.84. The van der Waals surface area contributed by atoms with E-state index in [9.17, 15) is 15.0 Å².